The lowest BCUT2D eigenvalue weighted by molar-refractivity contribution is -0.120. The molecule has 132 valence electrons. The van der Waals surface area contributed by atoms with Gasteiger partial charge in [0.2, 0.25) is 5.91 Å². The van der Waals surface area contributed by atoms with Crippen LogP contribution in [-0.4, -0.2) is 21.5 Å². The maximum Gasteiger partial charge on any atom is 0.325 e. The quantitative estimate of drug-likeness (QED) is 0.742. The van der Waals surface area contributed by atoms with Gasteiger partial charge in [0.1, 0.15) is 11.4 Å². The maximum atomic E-state index is 12.7. The van der Waals surface area contributed by atoms with Gasteiger partial charge in [-0.2, -0.15) is 0 Å². The van der Waals surface area contributed by atoms with E-state index < -0.39 is 11.9 Å². The molecule has 3 aromatic rings. The number of rotatable bonds is 3. The molecule has 7 nitrogen and oxygen atoms in total. The van der Waals surface area contributed by atoms with Crippen molar-refractivity contribution in [1.82, 2.24) is 14.9 Å². The second-order valence-electron chi connectivity index (χ2n) is 6.08. The largest absolute Gasteiger partial charge is 0.325 e. The summed E-state index contributed by atoms with van der Waals surface area (Å²) >= 11 is 1.55. The number of hydrogen-bond acceptors (Lipinski definition) is 5. The van der Waals surface area contributed by atoms with Crippen LogP contribution in [0.15, 0.2) is 41.5 Å². The van der Waals surface area contributed by atoms with E-state index in [4.69, 9.17) is 0 Å². The average molecular weight is 368 g/mol. The van der Waals surface area contributed by atoms with Gasteiger partial charge in [0.15, 0.2) is 0 Å². The number of anilines is 1. The van der Waals surface area contributed by atoms with Crippen LogP contribution in [0.3, 0.4) is 0 Å². The third kappa shape index (κ3) is 3.11. The van der Waals surface area contributed by atoms with Crippen molar-refractivity contribution < 1.29 is 9.59 Å². The molecule has 0 radical (unpaired) electrons. The minimum atomic E-state index is -0.639. The molecular weight excluding hydrogens is 352 g/mol. The predicted molar refractivity (Wildman–Crippen MR) is 99.5 cm³/mol. The fraction of sp³-hybridized carbons (Fsp3) is 0.222. The van der Waals surface area contributed by atoms with Gasteiger partial charge in [-0.05, 0) is 37.0 Å². The molecule has 2 aromatic heterocycles. The number of fused-ring (bicyclic) bond motifs is 3. The molecule has 26 heavy (non-hydrogen) atoms. The first-order valence-corrected chi connectivity index (χ1v) is 9.09. The van der Waals surface area contributed by atoms with Gasteiger partial charge in [-0.15, -0.1) is 11.3 Å². The number of benzene rings is 1. The van der Waals surface area contributed by atoms with Crippen molar-refractivity contribution in [3.05, 3.63) is 57.5 Å². The van der Waals surface area contributed by atoms with Gasteiger partial charge in [-0.25, -0.2) is 9.78 Å². The molecule has 0 bridgehead atoms. The van der Waals surface area contributed by atoms with Crippen molar-refractivity contribution in [3.63, 3.8) is 0 Å². The molecule has 0 atom stereocenters. The number of aromatic nitrogens is 2. The topological polar surface area (TPSA) is 93.1 Å². The highest BCUT2D eigenvalue weighted by Crippen LogP contribution is 2.34. The molecule has 2 heterocycles. The van der Waals surface area contributed by atoms with Crippen LogP contribution in [0.1, 0.15) is 16.9 Å². The van der Waals surface area contributed by atoms with E-state index in [2.05, 4.69) is 15.6 Å². The molecule has 0 unspecified atom stereocenters. The zero-order chi connectivity index (χ0) is 18.1. The minimum absolute atomic E-state index is 0.229. The molecule has 0 spiro atoms. The molecule has 0 saturated heterocycles. The van der Waals surface area contributed by atoms with Crippen LogP contribution < -0.4 is 16.2 Å². The van der Waals surface area contributed by atoms with E-state index in [9.17, 15) is 14.4 Å². The smallest absolute Gasteiger partial charge is 0.308 e. The molecule has 0 saturated carbocycles. The van der Waals surface area contributed by atoms with Gasteiger partial charge in [0.05, 0.1) is 11.7 Å². The van der Waals surface area contributed by atoms with Crippen LogP contribution in [0.4, 0.5) is 10.5 Å². The first kappa shape index (κ1) is 16.5. The van der Waals surface area contributed by atoms with Crippen LogP contribution in [0.2, 0.25) is 0 Å². The average Bonchev–Trinajstić information content (AvgIpc) is 3.19. The number of carbonyl (C=O) groups is 2. The SMILES string of the molecule is O=C(Cn1cnc2sc3c(c2c1=O)CCC3)NC(=O)Nc1ccccc1. The summed E-state index contributed by atoms with van der Waals surface area (Å²) in [4.78, 5) is 42.9. The fourth-order valence-electron chi connectivity index (χ4n) is 3.14. The zero-order valence-electron chi connectivity index (χ0n) is 13.8. The van der Waals surface area contributed by atoms with Crippen molar-refractivity contribution in [3.8, 4) is 0 Å². The van der Waals surface area contributed by atoms with Crippen molar-refractivity contribution >= 4 is 39.2 Å². The Balaban J connectivity index is 1.48. The number of imide groups is 1. The Morgan fingerprint density at radius 3 is 2.81 bits per heavy atom. The van der Waals surface area contributed by atoms with Crippen molar-refractivity contribution in [1.29, 1.82) is 0 Å². The summed E-state index contributed by atoms with van der Waals surface area (Å²) in [6, 6.07) is 8.16. The number of nitrogens with one attached hydrogen (secondary N) is 2. The monoisotopic (exact) mass is 368 g/mol. The van der Waals surface area contributed by atoms with E-state index in [1.165, 1.54) is 15.8 Å². The maximum absolute atomic E-state index is 12.7. The molecule has 1 aliphatic carbocycles. The number of nitrogens with zero attached hydrogens (tertiary/aromatic N) is 2. The van der Waals surface area contributed by atoms with Gasteiger partial charge >= 0.3 is 6.03 Å². The van der Waals surface area contributed by atoms with Crippen LogP contribution in [-0.2, 0) is 24.2 Å². The lowest BCUT2D eigenvalue weighted by atomic mass is 10.2. The van der Waals surface area contributed by atoms with Gasteiger partial charge < -0.3 is 5.32 Å². The van der Waals surface area contributed by atoms with Crippen LogP contribution >= 0.6 is 11.3 Å². The Morgan fingerprint density at radius 1 is 1.19 bits per heavy atom. The van der Waals surface area contributed by atoms with Gasteiger partial charge in [0, 0.05) is 10.6 Å². The fourth-order valence-corrected chi connectivity index (χ4v) is 4.36. The van der Waals surface area contributed by atoms with E-state index in [0.717, 1.165) is 29.7 Å². The molecule has 2 N–H and O–H groups in total. The second-order valence-corrected chi connectivity index (χ2v) is 7.17. The van der Waals surface area contributed by atoms with E-state index in [1.54, 1.807) is 35.6 Å². The summed E-state index contributed by atoms with van der Waals surface area (Å²) in [6.07, 6.45) is 4.27. The number of amides is 3. The van der Waals surface area contributed by atoms with E-state index >= 15 is 0 Å². The summed E-state index contributed by atoms with van der Waals surface area (Å²) in [7, 11) is 0. The molecular formula is C18H16N4O3S. The number of para-hydroxylation sites is 1. The predicted octanol–water partition coefficient (Wildman–Crippen LogP) is 2.30. The molecule has 0 fully saturated rings. The minimum Gasteiger partial charge on any atom is -0.308 e. The van der Waals surface area contributed by atoms with Crippen LogP contribution in [0.5, 0.6) is 0 Å². The summed E-state index contributed by atoms with van der Waals surface area (Å²) in [5.74, 6) is -0.575. The number of aryl methyl sites for hydroxylation is 2. The standard InChI is InChI=1S/C18H16N4O3S/c23-14(21-18(25)20-11-5-2-1-3-6-11)9-22-10-19-16-15(17(22)24)12-7-4-8-13(12)26-16/h1-3,5-6,10H,4,7-9H2,(H2,20,21,23,25). The summed E-state index contributed by atoms with van der Waals surface area (Å²) in [5.41, 5.74) is 1.42. The third-order valence-corrected chi connectivity index (χ3v) is 5.49. The number of urea groups is 1. The highest BCUT2D eigenvalue weighted by Gasteiger charge is 2.21. The zero-order valence-corrected chi connectivity index (χ0v) is 14.6. The Kier molecular flexibility index (Phi) is 4.26. The lowest BCUT2D eigenvalue weighted by Gasteiger charge is -2.08. The van der Waals surface area contributed by atoms with E-state index in [1.807, 2.05) is 6.07 Å². The molecule has 1 aromatic carbocycles. The summed E-state index contributed by atoms with van der Waals surface area (Å²) in [6.45, 7) is -0.255. The lowest BCUT2D eigenvalue weighted by Crippen LogP contribution is -2.38. The molecule has 8 heteroatoms. The van der Waals surface area contributed by atoms with Crippen LogP contribution in [0, 0.1) is 0 Å². The Hall–Kier alpha value is -3.00. The van der Waals surface area contributed by atoms with Crippen molar-refractivity contribution in [2.75, 3.05) is 5.32 Å². The summed E-state index contributed by atoms with van der Waals surface area (Å²) in [5, 5.41) is 5.40. The Morgan fingerprint density at radius 2 is 2.00 bits per heavy atom. The number of thiophene rings is 1. The van der Waals surface area contributed by atoms with Gasteiger partial charge in [-0.3, -0.25) is 19.5 Å². The van der Waals surface area contributed by atoms with E-state index in [0.29, 0.717) is 11.1 Å². The highest BCUT2D eigenvalue weighted by molar-refractivity contribution is 7.18. The van der Waals surface area contributed by atoms with Gasteiger partial charge in [0.25, 0.3) is 5.56 Å². The van der Waals surface area contributed by atoms with Crippen molar-refractivity contribution in [2.45, 2.75) is 25.8 Å². The van der Waals surface area contributed by atoms with Crippen LogP contribution in [0.25, 0.3) is 10.2 Å². The number of hydrogen-bond donors (Lipinski definition) is 2. The number of carbonyl (C=O) groups excluding carboxylic acids is 2. The first-order valence-electron chi connectivity index (χ1n) is 8.27. The Bertz CT molecular complexity index is 1060. The normalized spacial score (nSPS) is 12.8. The second kappa shape index (κ2) is 6.72. The molecule has 4 rings (SSSR count). The molecule has 0 aliphatic heterocycles. The first-order chi connectivity index (χ1) is 12.6. The van der Waals surface area contributed by atoms with Crippen molar-refractivity contribution in [2.24, 2.45) is 0 Å². The Labute approximate surface area is 152 Å². The molecule has 1 aliphatic rings. The third-order valence-electron chi connectivity index (χ3n) is 4.29. The van der Waals surface area contributed by atoms with E-state index in [-0.39, 0.29) is 12.1 Å². The molecule has 3 amide bonds. The summed E-state index contributed by atoms with van der Waals surface area (Å²) < 4.78 is 1.25. The van der Waals surface area contributed by atoms with Gasteiger partial charge in [-0.1, -0.05) is 18.2 Å². The highest BCUT2D eigenvalue weighted by atomic mass is 32.1.